The van der Waals surface area contributed by atoms with Gasteiger partial charge in [-0.1, -0.05) is 35.9 Å². The van der Waals surface area contributed by atoms with Crippen LogP contribution in [0.5, 0.6) is 0 Å². The molecule has 1 atom stereocenters. The van der Waals surface area contributed by atoms with Gasteiger partial charge in [-0.25, -0.2) is 13.8 Å². The Kier molecular flexibility index (Phi) is 6.14. The predicted octanol–water partition coefficient (Wildman–Crippen LogP) is 5.28. The summed E-state index contributed by atoms with van der Waals surface area (Å²) in [7, 11) is 0. The lowest BCUT2D eigenvalue weighted by Gasteiger charge is -2.33. The predicted molar refractivity (Wildman–Crippen MR) is 139 cm³/mol. The van der Waals surface area contributed by atoms with E-state index < -0.39 is 5.82 Å². The second kappa shape index (κ2) is 9.61. The van der Waals surface area contributed by atoms with E-state index in [1.807, 2.05) is 21.6 Å². The highest BCUT2D eigenvalue weighted by atomic mass is 35.5. The second-order valence-corrected chi connectivity index (χ2v) is 9.71. The summed E-state index contributed by atoms with van der Waals surface area (Å²) < 4.78 is 29.8. The van der Waals surface area contributed by atoms with E-state index in [0.29, 0.717) is 61.2 Å². The minimum absolute atomic E-state index is 0.0349. The number of hydrogen-bond acceptors (Lipinski definition) is 4. The lowest BCUT2D eigenvalue weighted by molar-refractivity contribution is -0.135. The molecule has 0 saturated heterocycles. The smallest absolute Gasteiger partial charge is 0.240 e. The van der Waals surface area contributed by atoms with Gasteiger partial charge in [0, 0.05) is 30.9 Å². The van der Waals surface area contributed by atoms with Crippen molar-refractivity contribution in [3.63, 3.8) is 0 Å². The number of halogens is 3. The maximum Gasteiger partial charge on any atom is 0.240 e. The molecule has 4 aromatic rings. The number of hydrogen-bond donors (Lipinski definition) is 2. The Balaban J connectivity index is 1.30. The molecule has 3 aromatic carbocycles. The number of carbonyl (C=O) groups excluding carboxylic acids is 1. The summed E-state index contributed by atoms with van der Waals surface area (Å²) in [4.78, 5) is 20.1. The summed E-state index contributed by atoms with van der Waals surface area (Å²) in [5.74, 6) is 0.514. The lowest BCUT2D eigenvalue weighted by Crippen LogP contribution is -2.51. The Morgan fingerprint density at radius 2 is 1.81 bits per heavy atom. The van der Waals surface area contributed by atoms with Gasteiger partial charge in [-0.05, 0) is 60.0 Å². The largest absolute Gasteiger partial charge is 0.340 e. The van der Waals surface area contributed by atoms with Gasteiger partial charge in [-0.2, -0.15) is 0 Å². The van der Waals surface area contributed by atoms with Gasteiger partial charge in [-0.15, -0.1) is 0 Å². The molecule has 188 valence electrons. The molecule has 6 nitrogen and oxygen atoms in total. The highest BCUT2D eigenvalue weighted by Crippen LogP contribution is 2.34. The number of fused-ring (bicyclic) bond motifs is 2. The van der Waals surface area contributed by atoms with Gasteiger partial charge in [0.25, 0.3) is 0 Å². The number of aromatic nitrogens is 2. The minimum Gasteiger partial charge on any atom is -0.340 e. The number of amides is 1. The van der Waals surface area contributed by atoms with Crippen LogP contribution in [0.1, 0.15) is 17.0 Å². The van der Waals surface area contributed by atoms with Crippen LogP contribution in [-0.4, -0.2) is 32.9 Å². The van der Waals surface area contributed by atoms with E-state index >= 15 is 0 Å². The molecule has 0 spiro atoms. The molecule has 37 heavy (non-hydrogen) atoms. The van der Waals surface area contributed by atoms with Crippen molar-refractivity contribution in [3.8, 4) is 11.3 Å². The van der Waals surface area contributed by atoms with Crippen molar-refractivity contribution in [1.29, 1.82) is 0 Å². The van der Waals surface area contributed by atoms with E-state index in [-0.39, 0.29) is 22.8 Å². The fourth-order valence-corrected chi connectivity index (χ4v) is 5.13. The molecule has 2 N–H and O–H groups in total. The van der Waals surface area contributed by atoms with Crippen LogP contribution in [0.4, 0.5) is 20.3 Å². The van der Waals surface area contributed by atoms with Crippen molar-refractivity contribution in [3.05, 3.63) is 100 Å². The van der Waals surface area contributed by atoms with Gasteiger partial charge in [0.15, 0.2) is 0 Å². The maximum atomic E-state index is 14.1. The molecule has 1 amide bonds. The molecule has 6 rings (SSSR count). The van der Waals surface area contributed by atoms with Crippen LogP contribution >= 0.6 is 11.6 Å². The molecule has 2 aliphatic rings. The fraction of sp³-hybridized carbons (Fsp3) is 0.214. The first-order valence-corrected chi connectivity index (χ1v) is 12.5. The summed E-state index contributed by atoms with van der Waals surface area (Å²) in [5.41, 5.74) is 4.24. The number of benzene rings is 3. The first-order chi connectivity index (χ1) is 18.0. The topological polar surface area (TPSA) is 62.2 Å². The van der Waals surface area contributed by atoms with Crippen molar-refractivity contribution in [2.45, 2.75) is 32.1 Å². The van der Waals surface area contributed by atoms with Gasteiger partial charge < -0.3 is 20.1 Å². The van der Waals surface area contributed by atoms with Crippen LogP contribution in [-0.2, 0) is 30.8 Å². The van der Waals surface area contributed by atoms with Crippen molar-refractivity contribution in [1.82, 2.24) is 19.8 Å². The molecule has 0 bridgehead atoms. The zero-order chi connectivity index (χ0) is 25.5. The molecule has 0 radical (unpaired) electrons. The summed E-state index contributed by atoms with van der Waals surface area (Å²) >= 11 is 5.86. The van der Waals surface area contributed by atoms with Crippen molar-refractivity contribution in [2.75, 3.05) is 11.9 Å². The fourth-order valence-electron chi connectivity index (χ4n) is 5.02. The molecule has 3 heterocycles. The summed E-state index contributed by atoms with van der Waals surface area (Å²) in [6, 6.07) is 18.4. The normalized spacial score (nSPS) is 16.7. The van der Waals surface area contributed by atoms with Crippen LogP contribution in [0.25, 0.3) is 11.3 Å². The Morgan fingerprint density at radius 3 is 2.59 bits per heavy atom. The molecule has 9 heteroatoms. The van der Waals surface area contributed by atoms with Crippen LogP contribution < -0.4 is 10.6 Å². The van der Waals surface area contributed by atoms with E-state index in [1.165, 1.54) is 35.4 Å². The molecule has 0 saturated carbocycles. The summed E-state index contributed by atoms with van der Waals surface area (Å²) in [6.45, 7) is 2.02. The number of rotatable bonds is 4. The van der Waals surface area contributed by atoms with Crippen LogP contribution in [0.3, 0.4) is 0 Å². The van der Waals surface area contributed by atoms with Crippen molar-refractivity contribution >= 4 is 29.0 Å². The van der Waals surface area contributed by atoms with E-state index in [2.05, 4.69) is 22.8 Å². The van der Waals surface area contributed by atoms with E-state index in [4.69, 9.17) is 16.6 Å². The van der Waals surface area contributed by atoms with Crippen molar-refractivity contribution < 1.29 is 13.6 Å². The summed E-state index contributed by atoms with van der Waals surface area (Å²) in [5, 5.41) is 6.68. The second-order valence-electron chi connectivity index (χ2n) is 9.30. The third-order valence-electron chi connectivity index (χ3n) is 6.96. The Morgan fingerprint density at radius 1 is 1.03 bits per heavy atom. The standard InChI is InChI=1S/C28H24ClF2N5O/c29-22-10-9-21(14-23(22)31)33-27-26(17-5-7-20(30)8-6-17)34-25-16-35(11-12-36(25)27)28(37)24-13-18-3-1-2-4-19(18)15-32-24/h1-10,14,24,32-33H,11-13,15-16H2. The Bertz CT molecular complexity index is 1490. The van der Waals surface area contributed by atoms with Gasteiger partial charge in [0.2, 0.25) is 5.91 Å². The van der Waals surface area contributed by atoms with Gasteiger partial charge in [0.05, 0.1) is 17.6 Å². The van der Waals surface area contributed by atoms with Crippen molar-refractivity contribution in [2.24, 2.45) is 0 Å². The quantitative estimate of drug-likeness (QED) is 0.385. The van der Waals surface area contributed by atoms with Gasteiger partial charge >= 0.3 is 0 Å². The van der Waals surface area contributed by atoms with E-state index in [9.17, 15) is 13.6 Å². The molecule has 1 unspecified atom stereocenters. The van der Waals surface area contributed by atoms with E-state index in [1.54, 1.807) is 18.2 Å². The van der Waals surface area contributed by atoms with E-state index in [0.717, 1.165) is 0 Å². The number of nitrogens with zero attached hydrogens (tertiary/aromatic N) is 3. The first-order valence-electron chi connectivity index (χ1n) is 12.1. The summed E-state index contributed by atoms with van der Waals surface area (Å²) in [6.07, 6.45) is 0.649. The number of anilines is 2. The average Bonchev–Trinajstić information content (AvgIpc) is 3.27. The Labute approximate surface area is 217 Å². The van der Waals surface area contributed by atoms with Crippen LogP contribution in [0, 0.1) is 11.6 Å². The Hall–Kier alpha value is -3.75. The molecule has 2 aliphatic heterocycles. The van der Waals surface area contributed by atoms with Gasteiger partial charge in [-0.3, -0.25) is 4.79 Å². The average molecular weight is 520 g/mol. The maximum absolute atomic E-state index is 14.1. The molecule has 0 aliphatic carbocycles. The zero-order valence-corrected chi connectivity index (χ0v) is 20.6. The SMILES string of the molecule is O=C(C1Cc2ccccc2CN1)N1CCn2c(nc(-c3ccc(F)cc3)c2Nc2ccc(Cl)c(F)c2)C1. The number of imidazole rings is 1. The van der Waals surface area contributed by atoms with Gasteiger partial charge in [0.1, 0.15) is 29.0 Å². The minimum atomic E-state index is -0.535. The number of nitrogens with one attached hydrogen (secondary N) is 2. The zero-order valence-electron chi connectivity index (χ0n) is 19.8. The van der Waals surface area contributed by atoms with Crippen LogP contribution in [0.2, 0.25) is 5.02 Å². The molecular weight excluding hydrogens is 496 g/mol. The monoisotopic (exact) mass is 519 g/mol. The third kappa shape index (κ3) is 4.58. The highest BCUT2D eigenvalue weighted by Gasteiger charge is 2.32. The van der Waals surface area contributed by atoms with Crippen LogP contribution in [0.15, 0.2) is 66.7 Å². The number of carbonyl (C=O) groups is 1. The lowest BCUT2D eigenvalue weighted by atomic mass is 9.95. The third-order valence-corrected chi connectivity index (χ3v) is 7.27. The molecular formula is C28H24ClF2N5O. The molecule has 0 fully saturated rings. The molecule has 1 aromatic heterocycles. The first kappa shape index (κ1) is 23.6. The highest BCUT2D eigenvalue weighted by molar-refractivity contribution is 6.30.